The summed E-state index contributed by atoms with van der Waals surface area (Å²) in [4.78, 5) is 16.5. The van der Waals surface area contributed by atoms with Crippen molar-refractivity contribution in [1.29, 1.82) is 0 Å². The van der Waals surface area contributed by atoms with Gasteiger partial charge in [-0.05, 0) is 6.92 Å². The van der Waals surface area contributed by atoms with Crippen molar-refractivity contribution >= 4 is 5.78 Å². The van der Waals surface area contributed by atoms with Crippen molar-refractivity contribution in [2.24, 2.45) is 5.73 Å². The number of aryl methyl sites for hydroxylation is 1. The largest absolute Gasteiger partial charge is 0.493 e. The van der Waals surface area contributed by atoms with E-state index in [0.717, 1.165) is 0 Å². The highest BCUT2D eigenvalue weighted by Gasteiger charge is 2.22. The lowest BCUT2D eigenvalue weighted by atomic mass is 10.2. The average molecular weight is 263 g/mol. The van der Waals surface area contributed by atoms with Crippen LogP contribution in [0.5, 0.6) is 5.75 Å². The van der Waals surface area contributed by atoms with Gasteiger partial charge in [0.1, 0.15) is 5.69 Å². The molecule has 0 aromatic carbocycles. The van der Waals surface area contributed by atoms with Crippen LogP contribution in [0.3, 0.4) is 0 Å². The van der Waals surface area contributed by atoms with Crippen LogP contribution in [0.4, 0.5) is 0 Å². The fraction of sp³-hybridized carbons (Fsp3) is 0.417. The number of rotatable bonds is 6. The SMILES string of the molecule is CCn1ncc(OC)c1C(=O)c1cn(CCN)cn1. The molecule has 2 heterocycles. The number of carbonyl (C=O) groups excluding carboxylic acids is 1. The van der Waals surface area contributed by atoms with Gasteiger partial charge in [0, 0.05) is 25.8 Å². The number of nitrogens with zero attached hydrogens (tertiary/aromatic N) is 4. The molecule has 0 bridgehead atoms. The summed E-state index contributed by atoms with van der Waals surface area (Å²) in [7, 11) is 1.51. The van der Waals surface area contributed by atoms with Crippen LogP contribution in [-0.4, -0.2) is 38.8 Å². The fourth-order valence-corrected chi connectivity index (χ4v) is 1.86. The van der Waals surface area contributed by atoms with Gasteiger partial charge in [-0.2, -0.15) is 5.10 Å². The van der Waals surface area contributed by atoms with E-state index >= 15 is 0 Å². The van der Waals surface area contributed by atoms with Gasteiger partial charge in [-0.15, -0.1) is 0 Å². The molecule has 0 fully saturated rings. The van der Waals surface area contributed by atoms with Crippen molar-refractivity contribution < 1.29 is 9.53 Å². The van der Waals surface area contributed by atoms with E-state index in [0.29, 0.717) is 36.8 Å². The summed E-state index contributed by atoms with van der Waals surface area (Å²) in [6.45, 7) is 3.63. The first-order valence-corrected chi connectivity index (χ1v) is 6.07. The number of carbonyl (C=O) groups is 1. The van der Waals surface area contributed by atoms with Crippen LogP contribution >= 0.6 is 0 Å². The predicted octanol–water partition coefficient (Wildman–Crippen LogP) is 0.298. The molecular weight excluding hydrogens is 246 g/mol. The van der Waals surface area contributed by atoms with E-state index in [9.17, 15) is 4.79 Å². The predicted molar refractivity (Wildman–Crippen MR) is 69.2 cm³/mol. The Balaban J connectivity index is 2.34. The van der Waals surface area contributed by atoms with E-state index in [1.165, 1.54) is 13.3 Å². The Morgan fingerprint density at radius 1 is 1.53 bits per heavy atom. The normalized spacial score (nSPS) is 10.7. The number of methoxy groups -OCH3 is 1. The second kappa shape index (κ2) is 5.66. The zero-order valence-electron chi connectivity index (χ0n) is 11.0. The van der Waals surface area contributed by atoms with Gasteiger partial charge < -0.3 is 15.0 Å². The summed E-state index contributed by atoms with van der Waals surface area (Å²) in [6, 6.07) is 0. The fourth-order valence-electron chi connectivity index (χ4n) is 1.86. The lowest BCUT2D eigenvalue weighted by Gasteiger charge is -2.04. The van der Waals surface area contributed by atoms with Crippen LogP contribution in [-0.2, 0) is 13.1 Å². The lowest BCUT2D eigenvalue weighted by Crippen LogP contribution is -2.12. The molecule has 7 heteroatoms. The topological polar surface area (TPSA) is 88.0 Å². The van der Waals surface area contributed by atoms with Crippen LogP contribution in [0.15, 0.2) is 18.7 Å². The van der Waals surface area contributed by atoms with Crippen molar-refractivity contribution in [3.8, 4) is 5.75 Å². The summed E-state index contributed by atoms with van der Waals surface area (Å²) in [6.07, 6.45) is 4.81. The van der Waals surface area contributed by atoms with E-state index in [-0.39, 0.29) is 5.78 Å². The zero-order valence-corrected chi connectivity index (χ0v) is 11.0. The maximum atomic E-state index is 12.4. The standard InChI is InChI=1S/C12H17N5O2/c1-3-17-11(10(19-2)6-15-17)12(18)9-7-16(5-4-13)8-14-9/h6-8H,3-5,13H2,1-2H3. The van der Waals surface area contributed by atoms with Gasteiger partial charge in [0.05, 0.1) is 19.6 Å². The Morgan fingerprint density at radius 3 is 2.95 bits per heavy atom. The van der Waals surface area contributed by atoms with Crippen molar-refractivity contribution in [2.45, 2.75) is 20.0 Å². The van der Waals surface area contributed by atoms with E-state index in [1.807, 2.05) is 6.92 Å². The molecule has 0 spiro atoms. The molecule has 0 aliphatic heterocycles. The van der Waals surface area contributed by atoms with Crippen LogP contribution in [0.2, 0.25) is 0 Å². The molecule has 2 aromatic rings. The molecule has 0 unspecified atom stereocenters. The van der Waals surface area contributed by atoms with Crippen molar-refractivity contribution in [2.75, 3.05) is 13.7 Å². The first-order valence-electron chi connectivity index (χ1n) is 6.07. The van der Waals surface area contributed by atoms with Crippen molar-refractivity contribution in [3.63, 3.8) is 0 Å². The molecule has 19 heavy (non-hydrogen) atoms. The number of ketones is 1. The first kappa shape index (κ1) is 13.3. The second-order valence-electron chi connectivity index (χ2n) is 3.99. The van der Waals surface area contributed by atoms with Gasteiger partial charge in [-0.1, -0.05) is 0 Å². The highest BCUT2D eigenvalue weighted by molar-refractivity contribution is 6.08. The average Bonchev–Trinajstić information content (AvgIpc) is 3.04. The van der Waals surface area contributed by atoms with E-state index < -0.39 is 0 Å². The van der Waals surface area contributed by atoms with Gasteiger partial charge >= 0.3 is 0 Å². The number of aromatic nitrogens is 4. The molecule has 0 aliphatic rings. The Bertz CT molecular complexity index is 551. The number of nitrogens with two attached hydrogens (primary N) is 1. The third-order valence-corrected chi connectivity index (χ3v) is 2.79. The number of ether oxygens (including phenoxy) is 1. The van der Waals surface area contributed by atoms with Crippen molar-refractivity contribution in [3.05, 3.63) is 30.1 Å². The molecule has 2 aromatic heterocycles. The van der Waals surface area contributed by atoms with Gasteiger partial charge in [0.25, 0.3) is 0 Å². The highest BCUT2D eigenvalue weighted by atomic mass is 16.5. The molecule has 2 N–H and O–H groups in total. The second-order valence-corrected chi connectivity index (χ2v) is 3.99. The molecule has 0 amide bonds. The minimum atomic E-state index is -0.202. The molecule has 102 valence electrons. The third kappa shape index (κ3) is 2.50. The monoisotopic (exact) mass is 263 g/mol. The van der Waals surface area contributed by atoms with Crippen LogP contribution in [0, 0.1) is 0 Å². The van der Waals surface area contributed by atoms with Gasteiger partial charge in [0.2, 0.25) is 5.78 Å². The van der Waals surface area contributed by atoms with Gasteiger partial charge in [-0.25, -0.2) is 4.98 Å². The summed E-state index contributed by atoms with van der Waals surface area (Å²) in [5.41, 5.74) is 6.25. The molecular formula is C12H17N5O2. The zero-order chi connectivity index (χ0) is 13.8. The van der Waals surface area contributed by atoms with E-state index in [2.05, 4.69) is 10.1 Å². The Labute approximate surface area is 111 Å². The van der Waals surface area contributed by atoms with Crippen LogP contribution < -0.4 is 10.5 Å². The lowest BCUT2D eigenvalue weighted by molar-refractivity contribution is 0.102. The number of hydrogen-bond donors (Lipinski definition) is 1. The van der Waals surface area contributed by atoms with Crippen LogP contribution in [0.25, 0.3) is 0 Å². The summed E-state index contributed by atoms with van der Waals surface area (Å²) in [5, 5.41) is 4.11. The highest BCUT2D eigenvalue weighted by Crippen LogP contribution is 2.20. The molecule has 0 atom stereocenters. The minimum absolute atomic E-state index is 0.202. The molecule has 0 saturated carbocycles. The van der Waals surface area contributed by atoms with E-state index in [4.69, 9.17) is 10.5 Å². The van der Waals surface area contributed by atoms with Gasteiger partial charge in [-0.3, -0.25) is 9.48 Å². The molecule has 2 rings (SSSR count). The quantitative estimate of drug-likeness (QED) is 0.757. The number of imidazole rings is 1. The maximum Gasteiger partial charge on any atom is 0.234 e. The third-order valence-electron chi connectivity index (χ3n) is 2.79. The summed E-state index contributed by atoms with van der Waals surface area (Å²) >= 11 is 0. The molecule has 0 saturated heterocycles. The van der Waals surface area contributed by atoms with Crippen molar-refractivity contribution in [1.82, 2.24) is 19.3 Å². The molecule has 0 radical (unpaired) electrons. The van der Waals surface area contributed by atoms with E-state index in [1.54, 1.807) is 21.8 Å². The van der Waals surface area contributed by atoms with Gasteiger partial charge in [0.15, 0.2) is 11.4 Å². The number of hydrogen-bond acceptors (Lipinski definition) is 5. The Hall–Kier alpha value is -2.15. The van der Waals surface area contributed by atoms with Crippen LogP contribution in [0.1, 0.15) is 23.1 Å². The summed E-state index contributed by atoms with van der Waals surface area (Å²) < 4.78 is 8.55. The summed E-state index contributed by atoms with van der Waals surface area (Å²) in [5.74, 6) is 0.257. The Morgan fingerprint density at radius 2 is 2.32 bits per heavy atom. The maximum absolute atomic E-state index is 12.4. The molecule has 7 nitrogen and oxygen atoms in total. The smallest absolute Gasteiger partial charge is 0.234 e. The first-order chi connectivity index (χ1) is 9.21. The Kier molecular flexibility index (Phi) is 3.96. The minimum Gasteiger partial charge on any atom is -0.493 e. The molecule has 0 aliphatic carbocycles.